The summed E-state index contributed by atoms with van der Waals surface area (Å²) in [5.41, 5.74) is 15.5. The van der Waals surface area contributed by atoms with Crippen LogP contribution in [-0.2, 0) is 9.47 Å². The molecule has 0 aliphatic heterocycles. The molecular weight excluding hydrogens is 609 g/mol. The van der Waals surface area contributed by atoms with Crippen molar-refractivity contribution in [2.45, 2.75) is 158 Å². The van der Waals surface area contributed by atoms with E-state index in [0.717, 1.165) is 57.8 Å². The van der Waals surface area contributed by atoms with Crippen molar-refractivity contribution in [3.05, 3.63) is 128 Å². The Morgan fingerprint density at radius 1 is 0.480 bits per heavy atom. The van der Waals surface area contributed by atoms with Crippen molar-refractivity contribution in [3.63, 3.8) is 0 Å². The Bertz CT molecular complexity index is 1430. The lowest BCUT2D eigenvalue weighted by molar-refractivity contribution is 0.0946. The molecule has 0 heterocycles. The molecule has 2 heteroatoms. The minimum Gasteiger partial charge on any atom is -0.372 e. The van der Waals surface area contributed by atoms with Crippen molar-refractivity contribution in [2.75, 3.05) is 14.2 Å². The fourth-order valence-electron chi connectivity index (χ4n) is 6.84. The van der Waals surface area contributed by atoms with Gasteiger partial charge in [0.05, 0.1) is 0 Å². The number of rotatable bonds is 22. The Kier molecular flexibility index (Phi) is 21.0. The van der Waals surface area contributed by atoms with Gasteiger partial charge in [-0.2, -0.15) is 0 Å². The Labute approximate surface area is 308 Å². The van der Waals surface area contributed by atoms with Crippen LogP contribution in [0.2, 0.25) is 0 Å². The van der Waals surface area contributed by atoms with E-state index < -0.39 is 0 Å². The maximum atomic E-state index is 6.01. The number of fused-ring (bicyclic) bond motifs is 1. The Morgan fingerprint density at radius 3 is 1.14 bits per heavy atom. The third-order valence-corrected chi connectivity index (χ3v) is 10.2. The normalized spacial score (nSPS) is 18.1. The van der Waals surface area contributed by atoms with Crippen molar-refractivity contribution in [2.24, 2.45) is 0 Å². The molecule has 0 amide bonds. The third-order valence-electron chi connectivity index (χ3n) is 10.2. The number of hydrogen-bond donors (Lipinski definition) is 0. The number of ether oxygens (including phenoxy) is 2. The van der Waals surface area contributed by atoms with Crippen LogP contribution in [0.15, 0.2) is 117 Å². The summed E-state index contributed by atoms with van der Waals surface area (Å²) >= 11 is 0. The summed E-state index contributed by atoms with van der Waals surface area (Å²) in [5, 5.41) is 0. The van der Waals surface area contributed by atoms with Gasteiger partial charge in [0, 0.05) is 14.2 Å². The van der Waals surface area contributed by atoms with Crippen LogP contribution in [0.3, 0.4) is 0 Å². The van der Waals surface area contributed by atoms with E-state index in [9.17, 15) is 0 Å². The molecule has 2 unspecified atom stereocenters. The van der Waals surface area contributed by atoms with Crippen LogP contribution in [0.1, 0.15) is 169 Å². The first-order valence-electron chi connectivity index (χ1n) is 19.4. The van der Waals surface area contributed by atoms with Gasteiger partial charge in [-0.25, -0.2) is 0 Å². The minimum atomic E-state index is -0.00711. The van der Waals surface area contributed by atoms with Gasteiger partial charge in [-0.15, -0.1) is 0 Å². The summed E-state index contributed by atoms with van der Waals surface area (Å²) < 4.78 is 11.9. The Hall–Kier alpha value is -2.94. The lowest BCUT2D eigenvalue weighted by Gasteiger charge is -2.33. The van der Waals surface area contributed by atoms with Gasteiger partial charge in [-0.1, -0.05) is 106 Å². The largest absolute Gasteiger partial charge is 0.372 e. The molecule has 0 bridgehead atoms. The van der Waals surface area contributed by atoms with Gasteiger partial charge in [0.1, 0.15) is 12.2 Å². The second-order valence-electron chi connectivity index (χ2n) is 15.1. The second kappa shape index (κ2) is 24.3. The summed E-state index contributed by atoms with van der Waals surface area (Å²) in [6, 6.07) is 8.53. The zero-order valence-corrected chi connectivity index (χ0v) is 34.0. The smallest absolute Gasteiger partial charge is 0.104 e. The first-order valence-corrected chi connectivity index (χ1v) is 19.4. The van der Waals surface area contributed by atoms with E-state index in [-0.39, 0.29) is 12.2 Å². The van der Waals surface area contributed by atoms with Gasteiger partial charge in [0.25, 0.3) is 0 Å². The molecule has 0 saturated heterocycles. The van der Waals surface area contributed by atoms with Gasteiger partial charge in [0.15, 0.2) is 0 Å². The van der Waals surface area contributed by atoms with Crippen molar-refractivity contribution in [3.8, 4) is 0 Å². The van der Waals surface area contributed by atoms with E-state index in [0.29, 0.717) is 0 Å². The molecule has 0 N–H and O–H groups in total. The van der Waals surface area contributed by atoms with E-state index in [2.05, 4.69) is 129 Å². The summed E-state index contributed by atoms with van der Waals surface area (Å²) in [4.78, 5) is 0. The Morgan fingerprint density at radius 2 is 0.800 bits per heavy atom. The molecule has 50 heavy (non-hydrogen) atoms. The van der Waals surface area contributed by atoms with Gasteiger partial charge < -0.3 is 9.47 Å². The predicted molar refractivity (Wildman–Crippen MR) is 221 cm³/mol. The molecule has 1 aromatic rings. The summed E-state index contributed by atoms with van der Waals surface area (Å²) in [7, 11) is 3.62. The van der Waals surface area contributed by atoms with Crippen molar-refractivity contribution >= 4 is 0 Å². The molecule has 0 saturated carbocycles. The molecule has 0 aromatic heterocycles. The van der Waals surface area contributed by atoms with Gasteiger partial charge >= 0.3 is 0 Å². The molecule has 0 radical (unpaired) electrons. The number of methoxy groups -OCH3 is 2. The zero-order valence-electron chi connectivity index (χ0n) is 34.0. The van der Waals surface area contributed by atoms with Crippen LogP contribution in [-0.4, -0.2) is 14.2 Å². The first-order chi connectivity index (χ1) is 24.0. The molecule has 1 aliphatic carbocycles. The monoisotopic (exact) mass is 681 g/mol. The van der Waals surface area contributed by atoms with Crippen LogP contribution in [0.5, 0.6) is 0 Å². The van der Waals surface area contributed by atoms with Crippen LogP contribution in [0, 0.1) is 0 Å². The highest BCUT2D eigenvalue weighted by atomic mass is 16.5. The highest BCUT2D eigenvalue weighted by Crippen LogP contribution is 2.44. The van der Waals surface area contributed by atoms with Crippen molar-refractivity contribution in [1.29, 1.82) is 0 Å². The summed E-state index contributed by atoms with van der Waals surface area (Å²) in [6.07, 6.45) is 31.7. The highest BCUT2D eigenvalue weighted by molar-refractivity contribution is 5.46. The molecule has 276 valence electrons. The van der Waals surface area contributed by atoms with Crippen molar-refractivity contribution in [1.82, 2.24) is 0 Å². The average molecular weight is 681 g/mol. The maximum absolute atomic E-state index is 6.01. The van der Waals surface area contributed by atoms with E-state index in [1.807, 2.05) is 7.11 Å². The molecule has 2 nitrogen and oxygen atoms in total. The van der Waals surface area contributed by atoms with Crippen LogP contribution in [0.25, 0.3) is 0 Å². The number of benzene rings is 1. The highest BCUT2D eigenvalue weighted by Gasteiger charge is 2.31. The molecule has 2 rings (SSSR count). The Balaban J connectivity index is 1.69. The lowest BCUT2D eigenvalue weighted by Crippen LogP contribution is -2.20. The van der Waals surface area contributed by atoms with Crippen LogP contribution >= 0.6 is 0 Å². The minimum absolute atomic E-state index is 0.00236. The predicted octanol–water partition coefficient (Wildman–Crippen LogP) is 15.1. The van der Waals surface area contributed by atoms with Crippen LogP contribution in [0.4, 0.5) is 0 Å². The first kappa shape index (κ1) is 43.2. The molecule has 0 spiro atoms. The van der Waals surface area contributed by atoms with E-state index >= 15 is 0 Å². The van der Waals surface area contributed by atoms with Crippen LogP contribution < -0.4 is 0 Å². The molecular formula is C48H72O2. The van der Waals surface area contributed by atoms with E-state index in [1.165, 1.54) is 87.0 Å². The fraction of sp³-hybridized carbons (Fsp3) is 0.542. The van der Waals surface area contributed by atoms with Gasteiger partial charge in [-0.05, 0) is 168 Å². The lowest BCUT2D eigenvalue weighted by atomic mass is 9.81. The quantitative estimate of drug-likeness (QED) is 0.114. The third kappa shape index (κ3) is 16.4. The SMILES string of the molecule is COC1C(C)=C(CC=C(C)CCC=C(C)CCC=C(C)CCC=C(C)CCC=C(C)CCC=C(C)CCC=C(C)C)C(OC)c2ccccc21. The molecule has 1 aromatic carbocycles. The number of hydrogen-bond acceptors (Lipinski definition) is 2. The van der Waals surface area contributed by atoms with E-state index in [4.69, 9.17) is 9.47 Å². The summed E-state index contributed by atoms with van der Waals surface area (Å²) in [6.45, 7) is 20.3. The van der Waals surface area contributed by atoms with Gasteiger partial charge in [0.2, 0.25) is 0 Å². The topological polar surface area (TPSA) is 18.5 Å². The average Bonchev–Trinajstić information content (AvgIpc) is 3.07. The second-order valence-corrected chi connectivity index (χ2v) is 15.1. The zero-order chi connectivity index (χ0) is 36.9. The molecule has 2 atom stereocenters. The standard InChI is InChI=1S/C48H72O2/c1-36(2)20-14-21-37(3)22-15-23-38(4)24-16-25-39(5)26-17-27-40(6)28-18-29-41(7)30-19-31-42(8)34-35-44-43(9)47(49-10)45-32-12-13-33-46(45)48(44)50-11/h12-13,20,22,24,26,28,30,32-34,47-48H,14-19,21,23,25,27,29,31,35H2,1-11H3. The molecule has 1 aliphatic rings. The van der Waals surface area contributed by atoms with E-state index in [1.54, 1.807) is 7.11 Å². The number of allylic oxidation sites excluding steroid dienone is 14. The van der Waals surface area contributed by atoms with Gasteiger partial charge in [-0.3, -0.25) is 0 Å². The van der Waals surface area contributed by atoms with Crippen molar-refractivity contribution < 1.29 is 9.47 Å². The molecule has 0 fully saturated rings. The maximum Gasteiger partial charge on any atom is 0.104 e. The fourth-order valence-corrected chi connectivity index (χ4v) is 6.84. The summed E-state index contributed by atoms with van der Waals surface area (Å²) in [5.74, 6) is 0.